The number of carbonyl (C=O) groups is 2. The highest BCUT2D eigenvalue weighted by Crippen LogP contribution is 2.38. The number of hydrogen-bond donors (Lipinski definition) is 1. The number of sulfonamides is 1. The Labute approximate surface area is 149 Å². The molecule has 1 aromatic carbocycles. The van der Waals surface area contributed by atoms with Crippen molar-refractivity contribution in [1.82, 2.24) is 9.71 Å². The zero-order valence-corrected chi connectivity index (χ0v) is 15.1. The van der Waals surface area contributed by atoms with Crippen molar-refractivity contribution >= 4 is 32.7 Å². The van der Waals surface area contributed by atoms with Crippen molar-refractivity contribution in [2.45, 2.75) is 19.4 Å². The number of hydrogen-bond acceptors (Lipinski definition) is 7. The average Bonchev–Trinajstić information content (AvgIpc) is 2.78. The van der Waals surface area contributed by atoms with Crippen LogP contribution in [0.3, 0.4) is 0 Å². The number of nitrogens with one attached hydrogen (secondary N) is 1. The number of fused-ring (bicyclic) bond motifs is 1. The molecular weight excluding hydrogens is 360 g/mol. The number of nitrogens with zero attached hydrogens (tertiary/aromatic N) is 1. The molecule has 0 radical (unpaired) electrons. The van der Waals surface area contributed by atoms with Crippen molar-refractivity contribution in [2.75, 3.05) is 6.26 Å². The van der Waals surface area contributed by atoms with Gasteiger partial charge in [-0.05, 0) is 19.1 Å². The van der Waals surface area contributed by atoms with Crippen LogP contribution >= 0.6 is 0 Å². The molecule has 0 fully saturated rings. The van der Waals surface area contributed by atoms with E-state index in [2.05, 4.69) is 9.71 Å². The van der Waals surface area contributed by atoms with Crippen LogP contribution in [0.1, 0.15) is 19.5 Å². The number of Topliss-reactive ketones (excluding diaryl/α,β-unsaturated/α-hetero) is 1. The summed E-state index contributed by atoms with van der Waals surface area (Å²) in [6.45, 7) is 2.54. The number of ether oxygens (including phenoxy) is 2. The molecule has 0 amide bonds. The zero-order chi connectivity index (χ0) is 19.1. The van der Waals surface area contributed by atoms with Gasteiger partial charge in [-0.2, -0.15) is 0 Å². The van der Waals surface area contributed by atoms with Crippen LogP contribution in [0.5, 0.6) is 0 Å². The molecule has 1 aliphatic heterocycles. The largest absolute Gasteiger partial charge is 0.454 e. The molecule has 1 aliphatic rings. The maximum atomic E-state index is 12.9. The van der Waals surface area contributed by atoms with Gasteiger partial charge in [-0.25, -0.2) is 13.4 Å². The molecule has 1 unspecified atom stereocenters. The lowest BCUT2D eigenvalue weighted by Crippen LogP contribution is -2.33. The maximum absolute atomic E-state index is 12.9. The van der Waals surface area contributed by atoms with Crippen LogP contribution in [0, 0.1) is 0 Å². The van der Waals surface area contributed by atoms with Gasteiger partial charge in [0.25, 0.3) is 11.7 Å². The van der Waals surface area contributed by atoms with Crippen molar-refractivity contribution in [2.24, 2.45) is 0 Å². The summed E-state index contributed by atoms with van der Waals surface area (Å²) in [6, 6.07) is 10.7. The van der Waals surface area contributed by atoms with E-state index in [4.69, 9.17) is 9.47 Å². The molecule has 1 aromatic heterocycles. The third-order valence-corrected chi connectivity index (χ3v) is 4.32. The molecule has 2 aromatic rings. The third-order valence-electron chi connectivity index (χ3n) is 3.76. The summed E-state index contributed by atoms with van der Waals surface area (Å²) in [4.78, 5) is 28.6. The van der Waals surface area contributed by atoms with E-state index < -0.39 is 39.0 Å². The van der Waals surface area contributed by atoms with E-state index in [1.807, 2.05) is 12.1 Å². The summed E-state index contributed by atoms with van der Waals surface area (Å²) >= 11 is 0. The number of carbonyl (C=O) groups excluding carboxylic acids is 2. The number of rotatable bonds is 4. The SMILES string of the molecule is CC(=O)OC1=C(NS(C)(=O)=O)OC(C)(c2ccc3ccccc3n2)C1=O. The Morgan fingerprint density at radius 2 is 1.92 bits per heavy atom. The molecule has 0 saturated carbocycles. The zero-order valence-electron chi connectivity index (χ0n) is 14.3. The summed E-state index contributed by atoms with van der Waals surface area (Å²) in [6.07, 6.45) is 0.892. The highest BCUT2D eigenvalue weighted by Gasteiger charge is 2.51. The third kappa shape index (κ3) is 3.25. The Bertz CT molecular complexity index is 1060. The second-order valence-electron chi connectivity index (χ2n) is 5.98. The summed E-state index contributed by atoms with van der Waals surface area (Å²) in [5.74, 6) is -2.42. The Hall–Kier alpha value is -2.94. The van der Waals surface area contributed by atoms with Gasteiger partial charge < -0.3 is 9.47 Å². The first-order chi connectivity index (χ1) is 12.1. The van der Waals surface area contributed by atoms with Crippen molar-refractivity contribution in [3.8, 4) is 0 Å². The fraction of sp³-hybridized carbons (Fsp3) is 0.235. The lowest BCUT2D eigenvalue weighted by atomic mass is 9.95. The van der Waals surface area contributed by atoms with Gasteiger partial charge in [-0.1, -0.05) is 24.3 Å². The number of ketones is 1. The fourth-order valence-corrected chi connectivity index (χ4v) is 3.06. The fourth-order valence-electron chi connectivity index (χ4n) is 2.59. The summed E-state index contributed by atoms with van der Waals surface area (Å²) in [7, 11) is -3.76. The van der Waals surface area contributed by atoms with Gasteiger partial charge >= 0.3 is 5.97 Å². The second-order valence-corrected chi connectivity index (χ2v) is 7.73. The molecule has 0 spiro atoms. The number of benzene rings is 1. The molecule has 136 valence electrons. The van der Waals surface area contributed by atoms with Gasteiger partial charge in [0.05, 0.1) is 17.5 Å². The van der Waals surface area contributed by atoms with Crippen LogP contribution in [-0.4, -0.2) is 31.4 Å². The van der Waals surface area contributed by atoms with Crippen LogP contribution in [0.4, 0.5) is 0 Å². The smallest absolute Gasteiger partial charge is 0.308 e. The van der Waals surface area contributed by atoms with Gasteiger partial charge in [0.2, 0.25) is 21.4 Å². The molecule has 0 bridgehead atoms. The summed E-state index contributed by atoms with van der Waals surface area (Å²) < 4.78 is 35.7. The molecule has 1 atom stereocenters. The van der Waals surface area contributed by atoms with Gasteiger partial charge in [0, 0.05) is 12.3 Å². The standard InChI is InChI=1S/C17H16N2O6S/c1-10(20)24-14-15(21)17(2,25-16(14)19-26(3,22)23)13-9-8-11-6-4-5-7-12(11)18-13/h4-9,19H,1-3H3. The van der Waals surface area contributed by atoms with E-state index >= 15 is 0 Å². The van der Waals surface area contributed by atoms with Crippen LogP contribution in [0.15, 0.2) is 48.0 Å². The molecule has 0 aliphatic carbocycles. The van der Waals surface area contributed by atoms with Crippen molar-refractivity contribution < 1.29 is 27.5 Å². The minimum Gasteiger partial charge on any atom is -0.454 e. The number of pyridine rings is 1. The molecular formula is C17H16N2O6S. The van der Waals surface area contributed by atoms with E-state index in [9.17, 15) is 18.0 Å². The van der Waals surface area contributed by atoms with E-state index in [1.165, 1.54) is 6.92 Å². The van der Waals surface area contributed by atoms with E-state index in [0.717, 1.165) is 18.6 Å². The number of para-hydroxylation sites is 1. The summed E-state index contributed by atoms with van der Waals surface area (Å²) in [5, 5.41) is 0.868. The monoisotopic (exact) mass is 376 g/mol. The minimum atomic E-state index is -3.76. The van der Waals surface area contributed by atoms with Crippen LogP contribution in [-0.2, 0) is 34.7 Å². The summed E-state index contributed by atoms with van der Waals surface area (Å²) in [5.41, 5.74) is -0.737. The predicted molar refractivity (Wildman–Crippen MR) is 92.0 cm³/mol. The Morgan fingerprint density at radius 3 is 2.58 bits per heavy atom. The van der Waals surface area contributed by atoms with Crippen molar-refractivity contribution in [3.63, 3.8) is 0 Å². The quantitative estimate of drug-likeness (QED) is 0.801. The van der Waals surface area contributed by atoms with Crippen LogP contribution in [0.2, 0.25) is 0 Å². The first-order valence-corrected chi connectivity index (χ1v) is 9.50. The van der Waals surface area contributed by atoms with Crippen molar-refractivity contribution in [1.29, 1.82) is 0 Å². The molecule has 8 nitrogen and oxygen atoms in total. The molecule has 0 saturated heterocycles. The first-order valence-electron chi connectivity index (χ1n) is 7.61. The molecule has 9 heteroatoms. The minimum absolute atomic E-state index is 0.260. The van der Waals surface area contributed by atoms with Crippen LogP contribution < -0.4 is 4.72 Å². The number of aromatic nitrogens is 1. The van der Waals surface area contributed by atoms with Gasteiger partial charge in [-0.15, -0.1) is 0 Å². The Kier molecular flexibility index (Phi) is 4.19. The second kappa shape index (κ2) is 6.10. The van der Waals surface area contributed by atoms with Gasteiger partial charge in [-0.3, -0.25) is 14.3 Å². The molecule has 3 rings (SSSR count). The van der Waals surface area contributed by atoms with Crippen LogP contribution in [0.25, 0.3) is 10.9 Å². The average molecular weight is 376 g/mol. The van der Waals surface area contributed by atoms with E-state index in [-0.39, 0.29) is 5.69 Å². The molecule has 1 N–H and O–H groups in total. The molecule has 26 heavy (non-hydrogen) atoms. The van der Waals surface area contributed by atoms with Gasteiger partial charge in [0.15, 0.2) is 0 Å². The Morgan fingerprint density at radius 1 is 1.23 bits per heavy atom. The highest BCUT2D eigenvalue weighted by atomic mass is 32.2. The first kappa shape index (κ1) is 17.9. The normalized spacial score (nSPS) is 20.2. The molecule has 2 heterocycles. The maximum Gasteiger partial charge on any atom is 0.308 e. The Balaban J connectivity index is 2.07. The highest BCUT2D eigenvalue weighted by molar-refractivity contribution is 7.88. The lowest BCUT2D eigenvalue weighted by Gasteiger charge is -2.22. The van der Waals surface area contributed by atoms with E-state index in [1.54, 1.807) is 24.3 Å². The van der Waals surface area contributed by atoms with Crippen molar-refractivity contribution in [3.05, 3.63) is 53.7 Å². The topological polar surface area (TPSA) is 112 Å². The van der Waals surface area contributed by atoms with E-state index in [0.29, 0.717) is 5.52 Å². The predicted octanol–water partition coefficient (Wildman–Crippen LogP) is 1.33. The van der Waals surface area contributed by atoms with Gasteiger partial charge in [0.1, 0.15) is 0 Å². The lowest BCUT2D eigenvalue weighted by molar-refractivity contribution is -0.142. The number of esters is 1.